The SMILES string of the molecule is COCCc1noc(COC2CCCN(C(=O)c3cccs3)C2)n1. The molecule has 2 aromatic rings. The van der Waals surface area contributed by atoms with E-state index in [1.807, 2.05) is 22.4 Å². The van der Waals surface area contributed by atoms with Gasteiger partial charge in [-0.05, 0) is 24.3 Å². The summed E-state index contributed by atoms with van der Waals surface area (Å²) >= 11 is 1.47. The van der Waals surface area contributed by atoms with Crippen molar-refractivity contribution in [3.63, 3.8) is 0 Å². The van der Waals surface area contributed by atoms with E-state index in [2.05, 4.69) is 10.1 Å². The van der Waals surface area contributed by atoms with Gasteiger partial charge < -0.3 is 18.9 Å². The maximum absolute atomic E-state index is 12.4. The predicted octanol–water partition coefficient (Wildman–Crippen LogP) is 2.14. The van der Waals surface area contributed by atoms with Crippen molar-refractivity contribution in [2.24, 2.45) is 0 Å². The molecule has 8 heteroatoms. The second-order valence-electron chi connectivity index (χ2n) is 5.65. The maximum Gasteiger partial charge on any atom is 0.264 e. The number of likely N-dealkylation sites (tertiary alicyclic amines) is 1. The topological polar surface area (TPSA) is 77.7 Å². The summed E-state index contributed by atoms with van der Waals surface area (Å²) in [6.45, 7) is 2.20. The first-order valence-corrected chi connectivity index (χ1v) is 8.89. The summed E-state index contributed by atoms with van der Waals surface area (Å²) in [5.74, 6) is 1.16. The van der Waals surface area contributed by atoms with E-state index in [0.717, 1.165) is 24.3 Å². The molecule has 0 aliphatic carbocycles. The van der Waals surface area contributed by atoms with Crippen LogP contribution in [0, 0.1) is 0 Å². The standard InChI is InChI=1S/C16H21N3O4S/c1-21-8-6-14-17-15(23-18-14)11-22-12-4-2-7-19(10-12)16(20)13-5-3-9-24-13/h3,5,9,12H,2,4,6-8,10-11H2,1H3. The number of hydrogen-bond acceptors (Lipinski definition) is 7. The Hall–Kier alpha value is -1.77. The van der Waals surface area contributed by atoms with Gasteiger partial charge in [0.2, 0.25) is 0 Å². The van der Waals surface area contributed by atoms with Gasteiger partial charge in [0.1, 0.15) is 6.61 Å². The summed E-state index contributed by atoms with van der Waals surface area (Å²) in [6, 6.07) is 3.75. The van der Waals surface area contributed by atoms with E-state index < -0.39 is 0 Å². The van der Waals surface area contributed by atoms with Gasteiger partial charge in [-0.25, -0.2) is 0 Å². The summed E-state index contributed by atoms with van der Waals surface area (Å²) < 4.78 is 16.0. The summed E-state index contributed by atoms with van der Waals surface area (Å²) in [5.41, 5.74) is 0. The molecule has 3 rings (SSSR count). The highest BCUT2D eigenvalue weighted by Crippen LogP contribution is 2.19. The lowest BCUT2D eigenvalue weighted by Crippen LogP contribution is -2.43. The van der Waals surface area contributed by atoms with Crippen molar-refractivity contribution in [2.45, 2.75) is 32.0 Å². The first-order valence-electron chi connectivity index (χ1n) is 8.01. The minimum absolute atomic E-state index is 0.00279. The zero-order valence-electron chi connectivity index (χ0n) is 13.6. The Morgan fingerprint density at radius 2 is 2.46 bits per heavy atom. The Labute approximate surface area is 144 Å². The summed E-state index contributed by atoms with van der Waals surface area (Å²) in [7, 11) is 1.64. The van der Waals surface area contributed by atoms with Crippen molar-refractivity contribution in [2.75, 3.05) is 26.8 Å². The molecule has 24 heavy (non-hydrogen) atoms. The van der Waals surface area contributed by atoms with Crippen LogP contribution in [0.25, 0.3) is 0 Å². The zero-order chi connectivity index (χ0) is 16.8. The largest absolute Gasteiger partial charge is 0.384 e. The Balaban J connectivity index is 1.48. The first kappa shape index (κ1) is 17.1. The molecule has 0 radical (unpaired) electrons. The van der Waals surface area contributed by atoms with Crippen molar-refractivity contribution in [1.82, 2.24) is 15.0 Å². The molecule has 2 aromatic heterocycles. The summed E-state index contributed by atoms with van der Waals surface area (Å²) in [5, 5.41) is 5.80. The number of piperidine rings is 1. The molecule has 3 heterocycles. The van der Waals surface area contributed by atoms with Crippen LogP contribution < -0.4 is 0 Å². The number of hydrogen-bond donors (Lipinski definition) is 0. The molecule has 7 nitrogen and oxygen atoms in total. The molecule has 1 atom stereocenters. The van der Waals surface area contributed by atoms with E-state index in [1.54, 1.807) is 7.11 Å². The molecule has 130 valence electrons. The molecule has 0 N–H and O–H groups in total. The fraction of sp³-hybridized carbons (Fsp3) is 0.562. The van der Waals surface area contributed by atoms with Gasteiger partial charge in [-0.3, -0.25) is 4.79 Å². The van der Waals surface area contributed by atoms with Crippen LogP contribution >= 0.6 is 11.3 Å². The minimum atomic E-state index is -0.00279. The molecular formula is C16H21N3O4S. The fourth-order valence-electron chi connectivity index (χ4n) is 2.65. The van der Waals surface area contributed by atoms with Crippen molar-refractivity contribution in [3.05, 3.63) is 34.1 Å². The highest BCUT2D eigenvalue weighted by Gasteiger charge is 2.25. The Morgan fingerprint density at radius 3 is 3.25 bits per heavy atom. The number of amides is 1. The highest BCUT2D eigenvalue weighted by atomic mass is 32.1. The molecule has 1 amide bonds. The second-order valence-corrected chi connectivity index (χ2v) is 6.60. The normalized spacial score (nSPS) is 18.0. The van der Waals surface area contributed by atoms with Gasteiger partial charge in [0.15, 0.2) is 5.82 Å². The van der Waals surface area contributed by atoms with Crippen LogP contribution in [0.15, 0.2) is 22.0 Å². The van der Waals surface area contributed by atoms with E-state index in [0.29, 0.717) is 31.3 Å². The number of ether oxygens (including phenoxy) is 2. The van der Waals surface area contributed by atoms with E-state index in [9.17, 15) is 4.79 Å². The average molecular weight is 351 g/mol. The second kappa shape index (κ2) is 8.36. The van der Waals surface area contributed by atoms with Crippen molar-refractivity contribution < 1.29 is 18.8 Å². The van der Waals surface area contributed by atoms with E-state index in [-0.39, 0.29) is 18.6 Å². The molecule has 0 saturated carbocycles. The fourth-order valence-corrected chi connectivity index (χ4v) is 3.34. The van der Waals surface area contributed by atoms with Gasteiger partial charge in [-0.1, -0.05) is 11.2 Å². The molecule has 1 aliphatic rings. The van der Waals surface area contributed by atoms with Gasteiger partial charge in [0, 0.05) is 26.6 Å². The molecule has 1 saturated heterocycles. The molecule has 1 unspecified atom stereocenters. The predicted molar refractivity (Wildman–Crippen MR) is 87.9 cm³/mol. The molecule has 1 fully saturated rings. The lowest BCUT2D eigenvalue weighted by molar-refractivity contribution is -0.0152. The van der Waals surface area contributed by atoms with Crippen LogP contribution in [0.1, 0.15) is 34.2 Å². The van der Waals surface area contributed by atoms with Crippen LogP contribution in [0.3, 0.4) is 0 Å². The number of aromatic nitrogens is 2. The quantitative estimate of drug-likeness (QED) is 0.760. The third-order valence-electron chi connectivity index (χ3n) is 3.88. The highest BCUT2D eigenvalue weighted by molar-refractivity contribution is 7.12. The van der Waals surface area contributed by atoms with E-state index in [4.69, 9.17) is 14.0 Å². The van der Waals surface area contributed by atoms with Gasteiger partial charge in [0.05, 0.1) is 17.6 Å². The molecular weight excluding hydrogens is 330 g/mol. The average Bonchev–Trinajstić information content (AvgIpc) is 3.29. The number of carbonyl (C=O) groups excluding carboxylic acids is 1. The lowest BCUT2D eigenvalue weighted by Gasteiger charge is -2.32. The molecule has 0 spiro atoms. The van der Waals surface area contributed by atoms with Crippen molar-refractivity contribution in [1.29, 1.82) is 0 Å². The molecule has 1 aliphatic heterocycles. The van der Waals surface area contributed by atoms with Crippen LogP contribution in [0.4, 0.5) is 0 Å². The molecule has 0 aromatic carbocycles. The van der Waals surface area contributed by atoms with Crippen LogP contribution in [0.2, 0.25) is 0 Å². The molecule has 0 bridgehead atoms. The van der Waals surface area contributed by atoms with Crippen LogP contribution in [0.5, 0.6) is 0 Å². The van der Waals surface area contributed by atoms with Gasteiger partial charge in [0.25, 0.3) is 11.8 Å². The van der Waals surface area contributed by atoms with Gasteiger partial charge >= 0.3 is 0 Å². The third kappa shape index (κ3) is 4.40. The minimum Gasteiger partial charge on any atom is -0.384 e. The first-order chi connectivity index (χ1) is 11.8. The lowest BCUT2D eigenvalue weighted by atomic mass is 10.1. The maximum atomic E-state index is 12.4. The smallest absolute Gasteiger partial charge is 0.264 e. The van der Waals surface area contributed by atoms with Gasteiger partial charge in [-0.2, -0.15) is 4.98 Å². The number of thiophene rings is 1. The Morgan fingerprint density at radius 1 is 1.54 bits per heavy atom. The Bertz CT molecular complexity index is 644. The van der Waals surface area contributed by atoms with E-state index in [1.165, 1.54) is 11.3 Å². The number of rotatable bonds is 7. The van der Waals surface area contributed by atoms with Crippen LogP contribution in [-0.2, 0) is 22.5 Å². The number of methoxy groups -OCH3 is 1. The van der Waals surface area contributed by atoms with Crippen molar-refractivity contribution in [3.8, 4) is 0 Å². The van der Waals surface area contributed by atoms with Gasteiger partial charge in [-0.15, -0.1) is 11.3 Å². The zero-order valence-corrected chi connectivity index (χ0v) is 14.5. The third-order valence-corrected chi connectivity index (χ3v) is 4.74. The Kier molecular flexibility index (Phi) is 5.95. The summed E-state index contributed by atoms with van der Waals surface area (Å²) in [6.07, 6.45) is 2.48. The van der Waals surface area contributed by atoms with Crippen LogP contribution in [-0.4, -0.2) is 53.9 Å². The number of nitrogens with zero attached hydrogens (tertiary/aromatic N) is 3. The monoisotopic (exact) mass is 351 g/mol. The van der Waals surface area contributed by atoms with Crippen molar-refractivity contribution >= 4 is 17.2 Å². The van der Waals surface area contributed by atoms with E-state index >= 15 is 0 Å². The summed E-state index contributed by atoms with van der Waals surface area (Å²) in [4.78, 5) is 19.3. The number of carbonyl (C=O) groups is 1.